The monoisotopic (exact) mass is 344 g/mol. The van der Waals surface area contributed by atoms with E-state index in [9.17, 15) is 0 Å². The zero-order chi connectivity index (χ0) is 16.9. The van der Waals surface area contributed by atoms with E-state index >= 15 is 0 Å². The number of benzene rings is 1. The van der Waals surface area contributed by atoms with Crippen LogP contribution in [0.5, 0.6) is 0 Å². The highest BCUT2D eigenvalue weighted by Crippen LogP contribution is 2.24. The van der Waals surface area contributed by atoms with Crippen LogP contribution in [0.2, 0.25) is 5.02 Å². The molecule has 0 saturated heterocycles. The first-order valence-electron chi connectivity index (χ1n) is 7.59. The third kappa shape index (κ3) is 3.90. The van der Waals surface area contributed by atoms with Gasteiger partial charge in [0.25, 0.3) is 5.89 Å². The number of hydrogen-bond donors (Lipinski definition) is 2. The van der Waals surface area contributed by atoms with Gasteiger partial charge in [0, 0.05) is 29.4 Å². The number of hydrogen-bond acceptors (Lipinski definition) is 6. The standard InChI is InChI=1S/C17H17ClN4O2/c1-11(7-8-23)20-15-6-5-13(10-19-15)17-21-16(22-24-17)12-3-2-4-14(18)9-12/h2-6,9-11,23H,7-8H2,1H3,(H,19,20)/t11-/m0/s1. The molecule has 3 aromatic rings. The minimum atomic E-state index is 0.139. The van der Waals surface area contributed by atoms with Crippen LogP contribution in [0.4, 0.5) is 5.82 Å². The molecular formula is C17H17ClN4O2. The van der Waals surface area contributed by atoms with Gasteiger partial charge in [-0.05, 0) is 37.6 Å². The molecule has 0 radical (unpaired) electrons. The van der Waals surface area contributed by atoms with Gasteiger partial charge in [-0.1, -0.05) is 28.9 Å². The molecule has 0 aliphatic rings. The number of aliphatic hydroxyl groups excluding tert-OH is 1. The lowest BCUT2D eigenvalue weighted by Gasteiger charge is -2.12. The Hall–Kier alpha value is -2.44. The summed E-state index contributed by atoms with van der Waals surface area (Å²) in [4.78, 5) is 8.71. The van der Waals surface area contributed by atoms with Crippen molar-refractivity contribution in [3.05, 3.63) is 47.6 Å². The Morgan fingerprint density at radius 2 is 2.12 bits per heavy atom. The number of nitrogens with zero attached hydrogens (tertiary/aromatic N) is 3. The molecule has 7 heteroatoms. The molecule has 0 saturated carbocycles. The molecule has 0 bridgehead atoms. The van der Waals surface area contributed by atoms with Crippen molar-refractivity contribution in [2.24, 2.45) is 0 Å². The van der Waals surface area contributed by atoms with E-state index in [4.69, 9.17) is 21.2 Å². The van der Waals surface area contributed by atoms with Gasteiger partial charge in [-0.15, -0.1) is 0 Å². The molecule has 6 nitrogen and oxygen atoms in total. The van der Waals surface area contributed by atoms with Crippen molar-refractivity contribution in [2.45, 2.75) is 19.4 Å². The summed E-state index contributed by atoms with van der Waals surface area (Å²) in [6.45, 7) is 2.13. The summed E-state index contributed by atoms with van der Waals surface area (Å²) >= 11 is 5.98. The summed E-state index contributed by atoms with van der Waals surface area (Å²) < 4.78 is 5.31. The SMILES string of the molecule is C[C@@H](CCO)Nc1ccc(-c2nc(-c3cccc(Cl)c3)no2)cn1. The zero-order valence-electron chi connectivity index (χ0n) is 13.1. The fourth-order valence-electron chi connectivity index (χ4n) is 2.21. The smallest absolute Gasteiger partial charge is 0.259 e. The van der Waals surface area contributed by atoms with Crippen LogP contribution in [0.3, 0.4) is 0 Å². The van der Waals surface area contributed by atoms with E-state index in [0.717, 1.165) is 16.9 Å². The van der Waals surface area contributed by atoms with Crippen LogP contribution in [-0.2, 0) is 0 Å². The van der Waals surface area contributed by atoms with Crippen molar-refractivity contribution in [3.63, 3.8) is 0 Å². The second-order valence-electron chi connectivity index (χ2n) is 5.42. The van der Waals surface area contributed by atoms with E-state index in [-0.39, 0.29) is 12.6 Å². The summed E-state index contributed by atoms with van der Waals surface area (Å²) in [5.41, 5.74) is 1.53. The van der Waals surface area contributed by atoms with E-state index in [1.54, 1.807) is 18.3 Å². The second-order valence-corrected chi connectivity index (χ2v) is 5.86. The van der Waals surface area contributed by atoms with Crippen LogP contribution in [0.25, 0.3) is 22.8 Å². The Morgan fingerprint density at radius 1 is 1.25 bits per heavy atom. The third-order valence-electron chi connectivity index (χ3n) is 3.48. The quantitative estimate of drug-likeness (QED) is 0.710. The number of aliphatic hydroxyl groups is 1. The lowest BCUT2D eigenvalue weighted by atomic mass is 10.2. The van der Waals surface area contributed by atoms with Crippen molar-refractivity contribution in [3.8, 4) is 22.8 Å². The Balaban J connectivity index is 1.75. The third-order valence-corrected chi connectivity index (χ3v) is 3.71. The molecule has 0 spiro atoms. The van der Waals surface area contributed by atoms with E-state index in [0.29, 0.717) is 23.2 Å². The van der Waals surface area contributed by atoms with E-state index in [2.05, 4.69) is 20.4 Å². The summed E-state index contributed by atoms with van der Waals surface area (Å²) in [7, 11) is 0. The number of halogens is 1. The van der Waals surface area contributed by atoms with Gasteiger partial charge < -0.3 is 14.9 Å². The molecule has 0 amide bonds. The van der Waals surface area contributed by atoms with Gasteiger partial charge in [0.2, 0.25) is 5.82 Å². The number of pyridine rings is 1. The van der Waals surface area contributed by atoms with Crippen LogP contribution in [-0.4, -0.2) is 32.9 Å². The van der Waals surface area contributed by atoms with Gasteiger partial charge in [-0.25, -0.2) is 4.98 Å². The number of anilines is 1. The fraction of sp³-hybridized carbons (Fsp3) is 0.235. The predicted octanol–water partition coefficient (Wildman–Crippen LogP) is 3.63. The molecule has 1 aromatic carbocycles. The molecule has 24 heavy (non-hydrogen) atoms. The summed E-state index contributed by atoms with van der Waals surface area (Å²) in [5.74, 6) is 1.60. The maximum Gasteiger partial charge on any atom is 0.259 e. The van der Waals surface area contributed by atoms with E-state index < -0.39 is 0 Å². The van der Waals surface area contributed by atoms with Crippen molar-refractivity contribution in [1.29, 1.82) is 0 Å². The molecule has 2 heterocycles. The lowest BCUT2D eigenvalue weighted by molar-refractivity contribution is 0.282. The van der Waals surface area contributed by atoms with Crippen LogP contribution in [0.1, 0.15) is 13.3 Å². The second kappa shape index (κ2) is 7.42. The van der Waals surface area contributed by atoms with Gasteiger partial charge in [-0.2, -0.15) is 4.98 Å². The highest BCUT2D eigenvalue weighted by Gasteiger charge is 2.11. The molecule has 0 unspecified atom stereocenters. The van der Waals surface area contributed by atoms with Crippen molar-refractivity contribution >= 4 is 17.4 Å². The molecule has 124 valence electrons. The highest BCUT2D eigenvalue weighted by atomic mass is 35.5. The van der Waals surface area contributed by atoms with Crippen LogP contribution < -0.4 is 5.32 Å². The average Bonchev–Trinajstić information content (AvgIpc) is 3.06. The number of nitrogens with one attached hydrogen (secondary N) is 1. The van der Waals surface area contributed by atoms with Crippen LogP contribution in [0, 0.1) is 0 Å². The molecule has 0 aliphatic heterocycles. The first-order chi connectivity index (χ1) is 11.7. The maximum absolute atomic E-state index is 8.92. The van der Waals surface area contributed by atoms with Gasteiger partial charge in [0.05, 0.1) is 5.56 Å². The van der Waals surface area contributed by atoms with Crippen molar-refractivity contribution in [2.75, 3.05) is 11.9 Å². The van der Waals surface area contributed by atoms with Gasteiger partial charge in [-0.3, -0.25) is 0 Å². The molecule has 2 aromatic heterocycles. The van der Waals surface area contributed by atoms with Crippen molar-refractivity contribution in [1.82, 2.24) is 15.1 Å². The average molecular weight is 345 g/mol. The van der Waals surface area contributed by atoms with Crippen molar-refractivity contribution < 1.29 is 9.63 Å². The van der Waals surface area contributed by atoms with E-state index in [1.807, 2.05) is 31.2 Å². The van der Waals surface area contributed by atoms with Gasteiger partial charge >= 0.3 is 0 Å². The topological polar surface area (TPSA) is 84.1 Å². The maximum atomic E-state index is 8.92. The minimum Gasteiger partial charge on any atom is -0.396 e. The predicted molar refractivity (Wildman–Crippen MR) is 92.8 cm³/mol. The van der Waals surface area contributed by atoms with Crippen LogP contribution in [0.15, 0.2) is 47.1 Å². The van der Waals surface area contributed by atoms with E-state index in [1.165, 1.54) is 0 Å². The molecule has 0 aliphatic carbocycles. The highest BCUT2D eigenvalue weighted by molar-refractivity contribution is 6.30. The Labute approximate surface area is 144 Å². The molecular weight excluding hydrogens is 328 g/mol. The molecule has 1 atom stereocenters. The first-order valence-corrected chi connectivity index (χ1v) is 7.97. The minimum absolute atomic E-state index is 0.139. The summed E-state index contributed by atoms with van der Waals surface area (Å²) in [6, 6.07) is 11.1. The molecule has 2 N–H and O–H groups in total. The lowest BCUT2D eigenvalue weighted by Crippen LogP contribution is -2.17. The Morgan fingerprint density at radius 3 is 2.83 bits per heavy atom. The fourth-order valence-corrected chi connectivity index (χ4v) is 2.40. The Kier molecular flexibility index (Phi) is 5.08. The zero-order valence-corrected chi connectivity index (χ0v) is 13.9. The number of rotatable bonds is 6. The summed E-state index contributed by atoms with van der Waals surface area (Å²) in [6.07, 6.45) is 2.33. The van der Waals surface area contributed by atoms with Gasteiger partial charge in [0.1, 0.15) is 5.82 Å². The number of aromatic nitrogens is 3. The van der Waals surface area contributed by atoms with Gasteiger partial charge in [0.15, 0.2) is 0 Å². The normalized spacial score (nSPS) is 12.1. The summed E-state index contributed by atoms with van der Waals surface area (Å²) in [5, 5.41) is 16.7. The first kappa shape index (κ1) is 16.4. The van der Waals surface area contributed by atoms with Crippen LogP contribution >= 0.6 is 11.6 Å². The molecule has 3 rings (SSSR count). The molecule has 0 fully saturated rings. The Bertz CT molecular complexity index is 804. The largest absolute Gasteiger partial charge is 0.396 e.